The van der Waals surface area contributed by atoms with Crippen LogP contribution >= 0.6 is 7.60 Å². The van der Waals surface area contributed by atoms with Gasteiger partial charge in [-0.1, -0.05) is 0 Å². The van der Waals surface area contributed by atoms with E-state index in [1.54, 1.807) is 0 Å². The molecule has 6 heteroatoms. The fraction of sp³-hybridized carbons (Fsp3) is 0. The summed E-state index contributed by atoms with van der Waals surface area (Å²) in [5, 5.41) is 0. The molecule has 1 heterocycles. The van der Waals surface area contributed by atoms with Crippen LogP contribution in [0.5, 0.6) is 0 Å². The van der Waals surface area contributed by atoms with E-state index in [1.165, 1.54) is 6.07 Å². The fourth-order valence-corrected chi connectivity index (χ4v) is 1.06. The van der Waals surface area contributed by atoms with Crippen LogP contribution < -0.4 is 5.50 Å². The second kappa shape index (κ2) is 2.62. The highest BCUT2D eigenvalue weighted by molar-refractivity contribution is 7.59. The Morgan fingerprint density at radius 1 is 1.45 bits per heavy atom. The average Bonchev–Trinajstić information content (AvgIpc) is 2.32. The number of hydrogen-bond acceptors (Lipinski definition) is 3. The Bertz CT molecular complexity index is 308. The normalized spacial score (nSPS) is 11.5. The molecule has 0 saturated carbocycles. The van der Waals surface area contributed by atoms with Gasteiger partial charge < -0.3 is 14.2 Å². The van der Waals surface area contributed by atoms with Crippen LogP contribution in [-0.2, 0) is 4.57 Å². The Hall–Kier alpha value is -0.900. The summed E-state index contributed by atoms with van der Waals surface area (Å²) >= 11 is 0. The Morgan fingerprint density at radius 3 is 2.36 bits per heavy atom. The lowest BCUT2D eigenvalue weighted by Crippen LogP contribution is -1.98. The van der Waals surface area contributed by atoms with Gasteiger partial charge in [-0.2, -0.15) is 0 Å². The van der Waals surface area contributed by atoms with Gasteiger partial charge >= 0.3 is 7.60 Å². The molecule has 0 aromatic carbocycles. The van der Waals surface area contributed by atoms with Gasteiger partial charge in [0, 0.05) is 0 Å². The minimum atomic E-state index is -4.34. The van der Waals surface area contributed by atoms with E-state index >= 15 is 0 Å². The Kier molecular flexibility index (Phi) is 1.95. The van der Waals surface area contributed by atoms with Crippen molar-refractivity contribution in [2.75, 3.05) is 0 Å². The van der Waals surface area contributed by atoms with Crippen LogP contribution in [0.1, 0.15) is 10.6 Å². The highest BCUT2D eigenvalue weighted by Gasteiger charge is 2.21. The zero-order valence-corrected chi connectivity index (χ0v) is 6.19. The van der Waals surface area contributed by atoms with E-state index in [1.807, 2.05) is 0 Å². The summed E-state index contributed by atoms with van der Waals surface area (Å²) in [6.07, 6.45) is 0.374. The molecule has 0 amide bonds. The third kappa shape index (κ3) is 1.77. The Balaban J connectivity index is 3.08. The minimum Gasteiger partial charge on any atom is -0.445 e. The van der Waals surface area contributed by atoms with E-state index in [-0.39, 0.29) is 5.76 Å². The van der Waals surface area contributed by atoms with Gasteiger partial charge in [0.1, 0.15) is 0 Å². The quantitative estimate of drug-likeness (QED) is 0.485. The summed E-state index contributed by atoms with van der Waals surface area (Å²) in [6.45, 7) is 0. The van der Waals surface area contributed by atoms with Gasteiger partial charge in [0.15, 0.2) is 12.0 Å². The summed E-state index contributed by atoms with van der Waals surface area (Å²) < 4.78 is 14.9. The fourth-order valence-electron chi connectivity index (χ4n) is 0.562. The minimum absolute atomic E-state index is 0.0941. The lowest BCUT2D eigenvalue weighted by atomic mass is 10.5. The van der Waals surface area contributed by atoms with Gasteiger partial charge in [0.25, 0.3) is 0 Å². The Morgan fingerprint density at radius 2 is 2.09 bits per heavy atom. The summed E-state index contributed by atoms with van der Waals surface area (Å²) in [4.78, 5) is 27.0. The summed E-state index contributed by atoms with van der Waals surface area (Å²) in [6, 6.07) is 2.27. The lowest BCUT2D eigenvalue weighted by Gasteiger charge is -1.95. The molecule has 0 saturated heterocycles. The molecular formula is C5H5O5P. The molecule has 2 N–H and O–H groups in total. The highest BCUT2D eigenvalue weighted by Crippen LogP contribution is 2.33. The van der Waals surface area contributed by atoms with E-state index in [0.29, 0.717) is 6.29 Å². The Labute approximate surface area is 61.8 Å². The van der Waals surface area contributed by atoms with Crippen LogP contribution in [0.3, 0.4) is 0 Å². The second-order valence-electron chi connectivity index (χ2n) is 1.84. The molecule has 0 aliphatic rings. The number of furan rings is 1. The number of aldehydes is 1. The van der Waals surface area contributed by atoms with Crippen LogP contribution in [0.2, 0.25) is 0 Å². The number of rotatable bonds is 2. The molecule has 0 aliphatic heterocycles. The van der Waals surface area contributed by atoms with E-state index in [2.05, 4.69) is 4.42 Å². The van der Waals surface area contributed by atoms with Gasteiger partial charge in [0.2, 0.25) is 5.50 Å². The smallest absolute Gasteiger partial charge is 0.391 e. The molecular weight excluding hydrogens is 171 g/mol. The van der Waals surface area contributed by atoms with Crippen molar-refractivity contribution in [3.8, 4) is 0 Å². The maximum Gasteiger partial charge on any atom is 0.391 e. The summed E-state index contributed by atoms with van der Waals surface area (Å²) in [5.74, 6) is -0.0941. The molecule has 0 fully saturated rings. The van der Waals surface area contributed by atoms with Gasteiger partial charge in [0.05, 0.1) is 0 Å². The molecule has 0 radical (unpaired) electrons. The standard InChI is InChI=1S/C5H5O5P/c6-3-4-1-2-5(10-4)11(7,8)9/h1-3H,(H2,7,8,9). The molecule has 0 spiro atoms. The number of hydrogen-bond donors (Lipinski definition) is 2. The van der Waals surface area contributed by atoms with Crippen LogP contribution in [0.15, 0.2) is 16.5 Å². The maximum absolute atomic E-state index is 10.4. The first-order chi connectivity index (χ1) is 5.04. The predicted molar refractivity (Wildman–Crippen MR) is 35.8 cm³/mol. The SMILES string of the molecule is O=Cc1ccc(P(=O)(O)O)o1. The third-order valence-corrected chi connectivity index (χ3v) is 1.83. The van der Waals surface area contributed by atoms with Crippen molar-refractivity contribution in [2.45, 2.75) is 0 Å². The number of carbonyl (C=O) groups excluding carboxylic acids is 1. The van der Waals surface area contributed by atoms with Crippen molar-refractivity contribution in [3.63, 3.8) is 0 Å². The van der Waals surface area contributed by atoms with Gasteiger partial charge in [-0.25, -0.2) is 0 Å². The molecule has 60 valence electrons. The van der Waals surface area contributed by atoms with Crippen LogP contribution in [0.4, 0.5) is 0 Å². The van der Waals surface area contributed by atoms with Crippen LogP contribution in [0, 0.1) is 0 Å². The van der Waals surface area contributed by atoms with E-state index in [9.17, 15) is 9.36 Å². The average molecular weight is 176 g/mol. The zero-order valence-electron chi connectivity index (χ0n) is 5.30. The van der Waals surface area contributed by atoms with Crippen LogP contribution in [-0.4, -0.2) is 16.1 Å². The van der Waals surface area contributed by atoms with E-state index < -0.39 is 13.1 Å². The molecule has 0 unspecified atom stereocenters. The van der Waals surface area contributed by atoms with Crippen LogP contribution in [0.25, 0.3) is 0 Å². The maximum atomic E-state index is 10.4. The molecule has 1 rings (SSSR count). The monoisotopic (exact) mass is 176 g/mol. The highest BCUT2D eigenvalue weighted by atomic mass is 31.2. The zero-order chi connectivity index (χ0) is 8.48. The van der Waals surface area contributed by atoms with Crippen molar-refractivity contribution < 1.29 is 23.6 Å². The molecule has 0 aliphatic carbocycles. The topological polar surface area (TPSA) is 87.7 Å². The van der Waals surface area contributed by atoms with Gasteiger partial charge in [-0.3, -0.25) is 9.36 Å². The first-order valence-corrected chi connectivity index (χ1v) is 4.26. The third-order valence-electron chi connectivity index (χ3n) is 1.02. The van der Waals surface area contributed by atoms with Crippen molar-refractivity contribution >= 4 is 19.4 Å². The summed E-state index contributed by atoms with van der Waals surface area (Å²) in [7, 11) is -4.34. The second-order valence-corrected chi connectivity index (χ2v) is 3.37. The van der Waals surface area contributed by atoms with Crippen molar-refractivity contribution in [2.24, 2.45) is 0 Å². The molecule has 1 aromatic heterocycles. The summed E-state index contributed by atoms with van der Waals surface area (Å²) in [5.41, 5.74) is -0.486. The molecule has 0 atom stereocenters. The molecule has 5 nitrogen and oxygen atoms in total. The largest absolute Gasteiger partial charge is 0.445 e. The molecule has 0 bridgehead atoms. The van der Waals surface area contributed by atoms with Crippen molar-refractivity contribution in [3.05, 3.63) is 17.9 Å². The predicted octanol–water partition coefficient (Wildman–Crippen LogP) is -0.105. The molecule has 11 heavy (non-hydrogen) atoms. The first kappa shape index (κ1) is 8.20. The number of carbonyl (C=O) groups is 1. The van der Waals surface area contributed by atoms with E-state index in [4.69, 9.17) is 9.79 Å². The van der Waals surface area contributed by atoms with E-state index in [0.717, 1.165) is 6.07 Å². The van der Waals surface area contributed by atoms with Crippen molar-refractivity contribution in [1.82, 2.24) is 0 Å². The first-order valence-electron chi connectivity index (χ1n) is 2.65. The van der Waals surface area contributed by atoms with Gasteiger partial charge in [-0.15, -0.1) is 0 Å². The molecule has 1 aromatic rings. The van der Waals surface area contributed by atoms with Crippen molar-refractivity contribution in [1.29, 1.82) is 0 Å². The lowest BCUT2D eigenvalue weighted by molar-refractivity contribution is 0.110. The van der Waals surface area contributed by atoms with Gasteiger partial charge in [-0.05, 0) is 12.1 Å².